The van der Waals surface area contributed by atoms with Gasteiger partial charge in [0.1, 0.15) is 18.1 Å². The molecule has 96 valence electrons. The maximum absolute atomic E-state index is 11.9. The monoisotopic (exact) mass is 250 g/mol. The van der Waals surface area contributed by atoms with E-state index in [1.807, 2.05) is 0 Å². The molecule has 0 aliphatic heterocycles. The van der Waals surface area contributed by atoms with Gasteiger partial charge in [-0.05, 0) is 38.1 Å². The van der Waals surface area contributed by atoms with E-state index < -0.39 is 12.0 Å². The van der Waals surface area contributed by atoms with Crippen LogP contribution in [0.1, 0.15) is 13.8 Å². The molecule has 3 nitrogen and oxygen atoms in total. The second-order valence-electron chi connectivity index (χ2n) is 4.12. The minimum Gasteiger partial charge on any atom is -0.491 e. The second kappa shape index (κ2) is 4.83. The third kappa shape index (κ3) is 6.01. The number of halogens is 3. The summed E-state index contributed by atoms with van der Waals surface area (Å²) in [5.74, 6) is 0.0507. The Bertz CT molecular complexity index is 352. The molecule has 0 atom stereocenters. The van der Waals surface area contributed by atoms with Gasteiger partial charge in [-0.15, -0.1) is 13.2 Å². The molecule has 0 aliphatic rings. The van der Waals surface area contributed by atoms with Crippen LogP contribution in [0, 0.1) is 0 Å². The summed E-state index contributed by atoms with van der Waals surface area (Å²) < 4.78 is 44.4. The van der Waals surface area contributed by atoms with Gasteiger partial charge >= 0.3 is 6.36 Å². The molecule has 0 heterocycles. The zero-order valence-electron chi connectivity index (χ0n) is 9.41. The first kappa shape index (κ1) is 13.6. The zero-order valence-corrected chi connectivity index (χ0v) is 9.41. The summed E-state index contributed by atoms with van der Waals surface area (Å²) in [7, 11) is 0. The van der Waals surface area contributed by atoms with E-state index in [2.05, 4.69) is 4.74 Å². The van der Waals surface area contributed by atoms with Crippen LogP contribution >= 0.6 is 0 Å². The van der Waals surface area contributed by atoms with E-state index in [0.29, 0.717) is 5.75 Å². The van der Waals surface area contributed by atoms with Crippen LogP contribution in [0.3, 0.4) is 0 Å². The molecule has 1 aromatic rings. The van der Waals surface area contributed by atoms with Crippen molar-refractivity contribution in [1.82, 2.24) is 0 Å². The van der Waals surface area contributed by atoms with Crippen LogP contribution in [0.4, 0.5) is 13.2 Å². The molecule has 1 N–H and O–H groups in total. The first-order chi connectivity index (χ1) is 7.66. The maximum atomic E-state index is 11.9. The van der Waals surface area contributed by atoms with Gasteiger partial charge in [-0.1, -0.05) is 0 Å². The van der Waals surface area contributed by atoms with Crippen molar-refractivity contribution < 1.29 is 27.8 Å². The molecule has 0 amide bonds. The van der Waals surface area contributed by atoms with Gasteiger partial charge in [0.2, 0.25) is 0 Å². The van der Waals surface area contributed by atoms with E-state index in [4.69, 9.17) is 4.74 Å². The number of hydrogen-bond donors (Lipinski definition) is 1. The highest BCUT2D eigenvalue weighted by Gasteiger charge is 2.30. The van der Waals surface area contributed by atoms with Crippen molar-refractivity contribution in [2.45, 2.75) is 25.8 Å². The quantitative estimate of drug-likeness (QED) is 0.893. The van der Waals surface area contributed by atoms with Crippen LogP contribution in [0.5, 0.6) is 11.5 Å². The van der Waals surface area contributed by atoms with E-state index >= 15 is 0 Å². The largest absolute Gasteiger partial charge is 0.573 e. The molecule has 0 fully saturated rings. The minimum absolute atomic E-state index is 0.0481. The van der Waals surface area contributed by atoms with Crippen molar-refractivity contribution in [3.05, 3.63) is 24.3 Å². The smallest absolute Gasteiger partial charge is 0.491 e. The molecule has 17 heavy (non-hydrogen) atoms. The van der Waals surface area contributed by atoms with Gasteiger partial charge in [0.15, 0.2) is 0 Å². The highest BCUT2D eigenvalue weighted by atomic mass is 19.4. The Kier molecular flexibility index (Phi) is 3.87. The zero-order chi connectivity index (χ0) is 13.1. The Morgan fingerprint density at radius 3 is 1.94 bits per heavy atom. The maximum Gasteiger partial charge on any atom is 0.573 e. The SMILES string of the molecule is CC(C)(O)COc1ccc(OC(F)(F)F)cc1. The average molecular weight is 250 g/mol. The van der Waals surface area contributed by atoms with Crippen LogP contribution in [-0.2, 0) is 0 Å². The minimum atomic E-state index is -4.70. The number of ether oxygens (including phenoxy) is 2. The molecule has 0 radical (unpaired) electrons. The van der Waals surface area contributed by atoms with Crippen LogP contribution in [0.2, 0.25) is 0 Å². The number of benzene rings is 1. The van der Waals surface area contributed by atoms with Gasteiger partial charge < -0.3 is 14.6 Å². The van der Waals surface area contributed by atoms with Crippen LogP contribution < -0.4 is 9.47 Å². The Morgan fingerprint density at radius 2 is 1.53 bits per heavy atom. The molecule has 1 rings (SSSR count). The lowest BCUT2D eigenvalue weighted by Gasteiger charge is -2.17. The lowest BCUT2D eigenvalue weighted by molar-refractivity contribution is -0.274. The second-order valence-corrected chi connectivity index (χ2v) is 4.12. The van der Waals surface area contributed by atoms with E-state index in [1.54, 1.807) is 13.8 Å². The van der Waals surface area contributed by atoms with E-state index in [0.717, 1.165) is 12.1 Å². The summed E-state index contributed by atoms with van der Waals surface area (Å²) in [5, 5.41) is 9.39. The molecule has 0 bridgehead atoms. The Hall–Kier alpha value is -1.43. The topological polar surface area (TPSA) is 38.7 Å². The lowest BCUT2D eigenvalue weighted by Crippen LogP contribution is -2.27. The van der Waals surface area contributed by atoms with E-state index in [9.17, 15) is 18.3 Å². The van der Waals surface area contributed by atoms with Crippen LogP contribution in [0.15, 0.2) is 24.3 Å². The van der Waals surface area contributed by atoms with Crippen molar-refractivity contribution >= 4 is 0 Å². The van der Waals surface area contributed by atoms with Crippen molar-refractivity contribution in [3.8, 4) is 11.5 Å². The number of aliphatic hydroxyl groups is 1. The van der Waals surface area contributed by atoms with Gasteiger partial charge in [-0.2, -0.15) is 0 Å². The third-order valence-corrected chi connectivity index (χ3v) is 1.65. The van der Waals surface area contributed by atoms with E-state index in [-0.39, 0.29) is 12.4 Å². The molecule has 6 heteroatoms. The number of alkyl halides is 3. The van der Waals surface area contributed by atoms with Gasteiger partial charge in [-0.25, -0.2) is 0 Å². The molecule has 1 aromatic carbocycles. The van der Waals surface area contributed by atoms with Crippen LogP contribution in [0.25, 0.3) is 0 Å². The summed E-state index contributed by atoms with van der Waals surface area (Å²) in [6.07, 6.45) is -4.70. The van der Waals surface area contributed by atoms with Crippen molar-refractivity contribution in [2.24, 2.45) is 0 Å². The standard InChI is InChI=1S/C11H13F3O3/c1-10(2,15)7-16-8-3-5-9(6-4-8)17-11(12,13)14/h3-6,15H,7H2,1-2H3. The first-order valence-electron chi connectivity index (χ1n) is 4.87. The first-order valence-corrected chi connectivity index (χ1v) is 4.87. The Balaban J connectivity index is 2.56. The molecule has 0 saturated heterocycles. The Labute approximate surface area is 96.8 Å². The molecule has 0 unspecified atom stereocenters. The molecule has 0 spiro atoms. The van der Waals surface area contributed by atoms with Gasteiger partial charge in [-0.3, -0.25) is 0 Å². The molecule has 0 aromatic heterocycles. The summed E-state index contributed by atoms with van der Waals surface area (Å²) in [4.78, 5) is 0. The Morgan fingerprint density at radius 1 is 1.06 bits per heavy atom. The number of rotatable bonds is 4. The van der Waals surface area contributed by atoms with Crippen molar-refractivity contribution in [3.63, 3.8) is 0 Å². The fourth-order valence-electron chi connectivity index (χ4n) is 0.997. The highest BCUT2D eigenvalue weighted by molar-refractivity contribution is 5.31. The van der Waals surface area contributed by atoms with Crippen LogP contribution in [-0.4, -0.2) is 23.7 Å². The molecular weight excluding hydrogens is 237 g/mol. The molecule has 0 saturated carbocycles. The predicted molar refractivity (Wildman–Crippen MR) is 54.9 cm³/mol. The lowest BCUT2D eigenvalue weighted by atomic mass is 10.2. The summed E-state index contributed by atoms with van der Waals surface area (Å²) >= 11 is 0. The highest BCUT2D eigenvalue weighted by Crippen LogP contribution is 2.24. The van der Waals surface area contributed by atoms with Gasteiger partial charge in [0.05, 0.1) is 5.60 Å². The third-order valence-electron chi connectivity index (χ3n) is 1.65. The number of hydrogen-bond acceptors (Lipinski definition) is 3. The fraction of sp³-hybridized carbons (Fsp3) is 0.455. The predicted octanol–water partition coefficient (Wildman–Crippen LogP) is 2.73. The summed E-state index contributed by atoms with van der Waals surface area (Å²) in [6.45, 7) is 3.18. The average Bonchev–Trinajstić information content (AvgIpc) is 2.13. The normalized spacial score (nSPS) is 12.4. The van der Waals surface area contributed by atoms with E-state index in [1.165, 1.54) is 12.1 Å². The fourth-order valence-corrected chi connectivity index (χ4v) is 0.997. The van der Waals surface area contributed by atoms with Gasteiger partial charge in [0.25, 0.3) is 0 Å². The van der Waals surface area contributed by atoms with Crippen molar-refractivity contribution in [2.75, 3.05) is 6.61 Å². The van der Waals surface area contributed by atoms with Crippen molar-refractivity contribution in [1.29, 1.82) is 0 Å². The van der Waals surface area contributed by atoms with Gasteiger partial charge in [0, 0.05) is 0 Å². The summed E-state index contributed by atoms with van der Waals surface area (Å²) in [6, 6.07) is 4.97. The molecule has 0 aliphatic carbocycles. The molecular formula is C11H13F3O3. The summed E-state index contributed by atoms with van der Waals surface area (Å²) in [5.41, 5.74) is -0.999.